The largest absolute Gasteiger partial charge is 2.00 e. The summed E-state index contributed by atoms with van der Waals surface area (Å²) in [6, 6.07) is 24.2. The quantitative estimate of drug-likeness (QED) is 0.182. The van der Waals surface area contributed by atoms with Gasteiger partial charge in [0.2, 0.25) is 0 Å². The zero-order chi connectivity index (χ0) is 18.6. The number of hydrogen-bond acceptors (Lipinski definition) is 3. The van der Waals surface area contributed by atoms with Crippen LogP contribution in [-0.2, 0) is 33.7 Å². The molecular weight excluding hydrogens is 545 g/mol. The van der Waals surface area contributed by atoms with E-state index in [1.807, 2.05) is 48.8 Å². The van der Waals surface area contributed by atoms with Gasteiger partial charge in [-0.3, -0.25) is 9.97 Å². The Labute approximate surface area is 183 Å². The summed E-state index contributed by atoms with van der Waals surface area (Å²) in [7, 11) is 1.74. The fraction of sp³-hybridized carbons (Fsp3) is 0.0435. The summed E-state index contributed by atoms with van der Waals surface area (Å²) in [5, 5.41) is 8.61. The first-order valence-electron chi connectivity index (χ1n) is 8.65. The molecule has 5 aromatic rings. The van der Waals surface area contributed by atoms with Crippen LogP contribution in [0.2, 0.25) is 0 Å². The summed E-state index contributed by atoms with van der Waals surface area (Å²) in [6.07, 6.45) is 3.67. The molecule has 0 saturated carbocycles. The van der Waals surface area contributed by atoms with E-state index in [9.17, 15) is 0 Å². The van der Waals surface area contributed by atoms with E-state index in [1.165, 1.54) is 5.39 Å². The van der Waals surface area contributed by atoms with Crippen molar-refractivity contribution in [1.29, 1.82) is 0 Å². The fourth-order valence-corrected chi connectivity index (χ4v) is 3.37. The van der Waals surface area contributed by atoms with Crippen LogP contribution in [-0.4, -0.2) is 17.0 Å². The number of fused-ring (bicyclic) bond motifs is 5. The second-order valence-electron chi connectivity index (χ2n) is 6.07. The molecule has 0 fully saturated rings. The van der Waals surface area contributed by atoms with E-state index >= 15 is 0 Å². The molecule has 0 aliphatic carbocycles. The molecule has 2 aromatic heterocycles. The van der Waals surface area contributed by atoms with Gasteiger partial charge in [0.1, 0.15) is 0 Å². The maximum Gasteiger partial charge on any atom is 2.00 e. The van der Waals surface area contributed by atoms with Gasteiger partial charge in [0.25, 0.3) is 0 Å². The fourth-order valence-electron chi connectivity index (χ4n) is 3.13. The van der Waals surface area contributed by atoms with Gasteiger partial charge >= 0.3 is 21.1 Å². The van der Waals surface area contributed by atoms with E-state index in [0.29, 0.717) is 0 Å². The molecule has 28 heavy (non-hydrogen) atoms. The summed E-state index contributed by atoms with van der Waals surface area (Å²) in [5.41, 5.74) is 2.95. The zero-order valence-electron chi connectivity index (χ0n) is 15.1. The minimum atomic E-state index is 0. The third-order valence-electron chi connectivity index (χ3n) is 4.43. The van der Waals surface area contributed by atoms with E-state index in [1.54, 1.807) is 7.05 Å². The van der Waals surface area contributed by atoms with Gasteiger partial charge in [0, 0.05) is 28.6 Å². The van der Waals surface area contributed by atoms with Crippen LogP contribution < -0.4 is 0 Å². The van der Waals surface area contributed by atoms with Gasteiger partial charge < -0.3 is 17.9 Å². The van der Waals surface area contributed by atoms with Gasteiger partial charge in [-0.1, -0.05) is 60.7 Å². The Morgan fingerprint density at radius 1 is 0.679 bits per heavy atom. The monoisotopic (exact) mass is 562 g/mol. The van der Waals surface area contributed by atoms with E-state index in [2.05, 4.69) is 51.7 Å². The Morgan fingerprint density at radius 2 is 1.21 bits per heavy atom. The number of benzene rings is 3. The number of nitrogens with zero attached hydrogens (tertiary/aromatic N) is 3. The van der Waals surface area contributed by atoms with Crippen LogP contribution in [0.3, 0.4) is 0 Å². The minimum absolute atomic E-state index is 0. The number of aromatic nitrogens is 2. The number of hydrogen-bond donors (Lipinski definition) is 0. The van der Waals surface area contributed by atoms with E-state index in [4.69, 9.17) is 12.6 Å². The first-order valence-corrected chi connectivity index (χ1v) is 9.06. The van der Waals surface area contributed by atoms with E-state index < -0.39 is 0 Å². The number of pyridine rings is 2. The third kappa shape index (κ3) is 3.99. The van der Waals surface area contributed by atoms with Crippen molar-refractivity contribution in [1.82, 2.24) is 9.97 Å². The molecule has 0 aliphatic heterocycles. The summed E-state index contributed by atoms with van der Waals surface area (Å²) in [5.74, 6) is 0. The topological polar surface area (TPSA) is 39.9 Å². The van der Waals surface area contributed by atoms with Gasteiger partial charge in [0.15, 0.2) is 0 Å². The predicted molar refractivity (Wildman–Crippen MR) is 116 cm³/mol. The van der Waals surface area contributed by atoms with E-state index in [-0.39, 0.29) is 21.1 Å². The Balaban J connectivity index is 0.000000193. The van der Waals surface area contributed by atoms with Crippen molar-refractivity contribution in [2.75, 3.05) is 7.05 Å². The standard InChI is InChI=1S/C16H10N2.C7H8NS.Pt/c1-3-12-7-5-11-6-8-13-4-2-10-18-16(13)14(11)15(12)17-9-1;1-8-6-4-2-3-5-7(6)9;/h1-10H;2-5,9H,1H3;/q;-1;+2/p-1. The molecular formula is C23H17N3PtS. The molecule has 0 aliphatic rings. The van der Waals surface area contributed by atoms with Crippen molar-refractivity contribution in [3.8, 4) is 0 Å². The van der Waals surface area contributed by atoms with Crippen molar-refractivity contribution in [2.45, 2.75) is 4.90 Å². The maximum absolute atomic E-state index is 4.96. The Kier molecular flexibility index (Phi) is 6.56. The first kappa shape index (κ1) is 20.2. The van der Waals surface area contributed by atoms with Crippen LogP contribution in [0, 0.1) is 0 Å². The Hall–Kier alpha value is -2.55. The van der Waals surface area contributed by atoms with Crippen LogP contribution in [0.1, 0.15) is 0 Å². The summed E-state index contributed by atoms with van der Waals surface area (Å²) in [6.45, 7) is 0. The van der Waals surface area contributed by atoms with E-state index in [0.717, 1.165) is 37.8 Å². The molecule has 2 heterocycles. The smallest absolute Gasteiger partial charge is 0.781 e. The molecule has 0 saturated heterocycles. The summed E-state index contributed by atoms with van der Waals surface area (Å²) >= 11 is 4.96. The molecule has 0 atom stereocenters. The van der Waals surface area contributed by atoms with Gasteiger partial charge in [-0.2, -0.15) is 10.6 Å². The second-order valence-corrected chi connectivity index (χ2v) is 6.51. The summed E-state index contributed by atoms with van der Waals surface area (Å²) in [4.78, 5) is 9.86. The molecule has 0 amide bonds. The first-order chi connectivity index (χ1) is 13.3. The van der Waals surface area contributed by atoms with Crippen molar-refractivity contribution in [3.63, 3.8) is 0 Å². The predicted octanol–water partition coefficient (Wildman–Crippen LogP) is 6.16. The van der Waals surface area contributed by atoms with Crippen molar-refractivity contribution >= 4 is 50.9 Å². The molecule has 5 heteroatoms. The second kappa shape index (κ2) is 9.09. The molecule has 0 N–H and O–H groups in total. The normalized spacial score (nSPS) is 10.2. The number of rotatable bonds is 1. The van der Waals surface area contributed by atoms with Crippen LogP contribution >= 0.6 is 0 Å². The SMILES string of the molecule is C[N-]c1ccccc1[S-].[Pt+2].c1cnc2c(c1)ccc1ccc3cccnc3c12. The summed E-state index contributed by atoms with van der Waals surface area (Å²) < 4.78 is 0. The Bertz CT molecular complexity index is 1170. The third-order valence-corrected chi connectivity index (χ3v) is 4.78. The van der Waals surface area contributed by atoms with Crippen LogP contribution in [0.5, 0.6) is 0 Å². The van der Waals surface area contributed by atoms with Gasteiger partial charge in [-0.25, -0.2) is 0 Å². The molecule has 3 nitrogen and oxygen atoms in total. The molecule has 0 unspecified atom stereocenters. The van der Waals surface area contributed by atoms with Crippen molar-refractivity contribution in [3.05, 3.63) is 90.5 Å². The van der Waals surface area contributed by atoms with Gasteiger partial charge in [0.05, 0.1) is 11.0 Å². The van der Waals surface area contributed by atoms with Crippen LogP contribution in [0.15, 0.2) is 90.1 Å². The van der Waals surface area contributed by atoms with Gasteiger partial charge in [-0.05, 0) is 17.5 Å². The average Bonchev–Trinajstić information content (AvgIpc) is 2.74. The van der Waals surface area contributed by atoms with Crippen molar-refractivity contribution in [2.24, 2.45) is 0 Å². The van der Waals surface area contributed by atoms with Crippen molar-refractivity contribution < 1.29 is 21.1 Å². The minimum Gasteiger partial charge on any atom is -0.781 e. The molecule has 0 radical (unpaired) electrons. The molecule has 140 valence electrons. The van der Waals surface area contributed by atoms with Gasteiger partial charge in [-0.15, -0.1) is 7.05 Å². The molecule has 5 rings (SSSR count). The molecule has 3 aromatic carbocycles. The zero-order valence-corrected chi connectivity index (χ0v) is 18.2. The maximum atomic E-state index is 4.96. The van der Waals surface area contributed by atoms with Crippen LogP contribution in [0.25, 0.3) is 37.9 Å². The Morgan fingerprint density at radius 3 is 1.71 bits per heavy atom. The van der Waals surface area contributed by atoms with Crippen LogP contribution in [0.4, 0.5) is 5.69 Å². The molecule has 0 bridgehead atoms. The average molecular weight is 563 g/mol. The molecule has 0 spiro atoms. The number of para-hydroxylation sites is 1.